The normalized spacial score (nSPS) is 10.4. The van der Waals surface area contributed by atoms with Gasteiger partial charge in [-0.3, -0.25) is 4.79 Å². The van der Waals surface area contributed by atoms with Gasteiger partial charge in [-0.05, 0) is 48.4 Å². The molecule has 0 radical (unpaired) electrons. The fourth-order valence-electron chi connectivity index (χ4n) is 3.17. The average molecular weight is 394 g/mol. The van der Waals surface area contributed by atoms with E-state index in [0.29, 0.717) is 18.2 Å². The van der Waals surface area contributed by atoms with Crippen molar-refractivity contribution in [2.45, 2.75) is 13.5 Å². The molecule has 5 heteroatoms. The highest BCUT2D eigenvalue weighted by Gasteiger charge is 2.16. The number of aromatic nitrogens is 2. The van der Waals surface area contributed by atoms with Gasteiger partial charge in [0.05, 0.1) is 6.54 Å². The van der Waals surface area contributed by atoms with Crippen molar-refractivity contribution in [2.75, 3.05) is 10.2 Å². The van der Waals surface area contributed by atoms with E-state index in [2.05, 4.69) is 27.4 Å². The van der Waals surface area contributed by atoms with E-state index in [4.69, 9.17) is 0 Å². The van der Waals surface area contributed by atoms with Gasteiger partial charge in [-0.25, -0.2) is 9.97 Å². The van der Waals surface area contributed by atoms with Crippen molar-refractivity contribution in [3.05, 3.63) is 114 Å². The van der Waals surface area contributed by atoms with E-state index in [0.717, 1.165) is 22.5 Å². The number of rotatable bonds is 6. The van der Waals surface area contributed by atoms with Gasteiger partial charge >= 0.3 is 0 Å². The standard InChI is InChI=1S/C25H22N4O/c1-19-9-8-12-21(17-19)27-24(30)23-15-16-26-25(28-23)29(22-13-6-3-7-14-22)18-20-10-4-2-5-11-20/h2-17H,18H2,1H3,(H,27,30). The predicted octanol–water partition coefficient (Wildman–Crippen LogP) is 5.38. The molecule has 0 bridgehead atoms. The Morgan fingerprint density at radius 2 is 1.63 bits per heavy atom. The SMILES string of the molecule is Cc1cccc(NC(=O)c2ccnc(N(Cc3ccccc3)c3ccccc3)n2)c1. The minimum absolute atomic E-state index is 0.267. The molecular formula is C25H22N4O. The molecule has 30 heavy (non-hydrogen) atoms. The van der Waals surface area contributed by atoms with Gasteiger partial charge in [-0.15, -0.1) is 0 Å². The largest absolute Gasteiger partial charge is 0.321 e. The molecular weight excluding hydrogens is 372 g/mol. The number of nitrogens with one attached hydrogen (secondary N) is 1. The van der Waals surface area contributed by atoms with Crippen LogP contribution < -0.4 is 10.2 Å². The third kappa shape index (κ3) is 4.70. The Morgan fingerprint density at radius 1 is 0.900 bits per heavy atom. The van der Waals surface area contributed by atoms with Crippen molar-refractivity contribution in [3.63, 3.8) is 0 Å². The number of benzene rings is 3. The lowest BCUT2D eigenvalue weighted by Gasteiger charge is -2.23. The first kappa shape index (κ1) is 19.3. The molecule has 0 aliphatic carbocycles. The molecule has 1 aromatic heterocycles. The van der Waals surface area contributed by atoms with Crippen LogP contribution in [-0.2, 0) is 6.54 Å². The maximum absolute atomic E-state index is 12.8. The van der Waals surface area contributed by atoms with Crippen LogP contribution >= 0.6 is 0 Å². The van der Waals surface area contributed by atoms with E-state index in [1.807, 2.05) is 84.6 Å². The lowest BCUT2D eigenvalue weighted by atomic mass is 10.2. The summed E-state index contributed by atoms with van der Waals surface area (Å²) in [7, 11) is 0. The predicted molar refractivity (Wildman–Crippen MR) is 120 cm³/mol. The number of anilines is 3. The smallest absolute Gasteiger partial charge is 0.274 e. The molecule has 0 saturated carbocycles. The highest BCUT2D eigenvalue weighted by atomic mass is 16.1. The first-order valence-corrected chi connectivity index (χ1v) is 9.76. The lowest BCUT2D eigenvalue weighted by molar-refractivity contribution is 0.102. The van der Waals surface area contributed by atoms with E-state index in [-0.39, 0.29) is 5.91 Å². The Balaban J connectivity index is 1.64. The van der Waals surface area contributed by atoms with E-state index in [9.17, 15) is 4.79 Å². The zero-order valence-corrected chi connectivity index (χ0v) is 16.7. The lowest BCUT2D eigenvalue weighted by Crippen LogP contribution is -2.21. The third-order valence-corrected chi connectivity index (χ3v) is 4.64. The maximum atomic E-state index is 12.8. The van der Waals surface area contributed by atoms with Gasteiger partial charge < -0.3 is 10.2 Å². The average Bonchev–Trinajstić information content (AvgIpc) is 2.79. The number of carbonyl (C=O) groups is 1. The summed E-state index contributed by atoms with van der Waals surface area (Å²) >= 11 is 0. The monoisotopic (exact) mass is 394 g/mol. The highest BCUT2D eigenvalue weighted by molar-refractivity contribution is 6.03. The summed E-state index contributed by atoms with van der Waals surface area (Å²) in [6, 6.07) is 29.4. The molecule has 4 aromatic rings. The summed E-state index contributed by atoms with van der Waals surface area (Å²) in [6.45, 7) is 2.58. The molecule has 0 saturated heterocycles. The Kier molecular flexibility index (Phi) is 5.80. The number of hydrogen-bond acceptors (Lipinski definition) is 4. The van der Waals surface area contributed by atoms with Crippen molar-refractivity contribution < 1.29 is 4.79 Å². The minimum atomic E-state index is -0.267. The number of amides is 1. The second kappa shape index (κ2) is 9.01. The molecule has 4 rings (SSSR count). The van der Waals surface area contributed by atoms with Gasteiger partial charge in [0.25, 0.3) is 5.91 Å². The van der Waals surface area contributed by atoms with Crippen LogP contribution in [0.2, 0.25) is 0 Å². The van der Waals surface area contributed by atoms with Gasteiger partial charge in [-0.2, -0.15) is 0 Å². The molecule has 0 aliphatic heterocycles. The first-order chi connectivity index (χ1) is 14.7. The number of aryl methyl sites for hydroxylation is 1. The molecule has 148 valence electrons. The molecule has 1 N–H and O–H groups in total. The summed E-state index contributed by atoms with van der Waals surface area (Å²) in [6.07, 6.45) is 1.62. The second-order valence-electron chi connectivity index (χ2n) is 6.97. The van der Waals surface area contributed by atoms with Crippen molar-refractivity contribution >= 4 is 23.2 Å². The van der Waals surface area contributed by atoms with E-state index >= 15 is 0 Å². The van der Waals surface area contributed by atoms with Gasteiger partial charge in [-0.1, -0.05) is 60.7 Å². The van der Waals surface area contributed by atoms with E-state index in [1.165, 1.54) is 0 Å². The van der Waals surface area contributed by atoms with E-state index in [1.54, 1.807) is 12.3 Å². The highest BCUT2D eigenvalue weighted by Crippen LogP contribution is 2.24. The Hall–Kier alpha value is -3.99. The van der Waals surface area contributed by atoms with Crippen LogP contribution in [0.4, 0.5) is 17.3 Å². The van der Waals surface area contributed by atoms with Crippen LogP contribution in [0.15, 0.2) is 97.2 Å². The Bertz CT molecular complexity index is 1130. The molecule has 0 aliphatic rings. The van der Waals surface area contributed by atoms with Crippen LogP contribution in [0.1, 0.15) is 21.6 Å². The number of hydrogen-bond donors (Lipinski definition) is 1. The molecule has 3 aromatic carbocycles. The van der Waals surface area contributed by atoms with Crippen LogP contribution in [0, 0.1) is 6.92 Å². The van der Waals surface area contributed by atoms with Crippen LogP contribution in [-0.4, -0.2) is 15.9 Å². The quantitative estimate of drug-likeness (QED) is 0.477. The Morgan fingerprint density at radius 3 is 2.37 bits per heavy atom. The van der Waals surface area contributed by atoms with Gasteiger partial charge in [0.1, 0.15) is 5.69 Å². The summed E-state index contributed by atoms with van der Waals surface area (Å²) in [4.78, 5) is 23.8. The molecule has 0 unspecified atom stereocenters. The van der Waals surface area contributed by atoms with Crippen molar-refractivity contribution in [3.8, 4) is 0 Å². The maximum Gasteiger partial charge on any atom is 0.274 e. The van der Waals surface area contributed by atoms with Crippen molar-refractivity contribution in [1.29, 1.82) is 0 Å². The second-order valence-corrected chi connectivity index (χ2v) is 6.97. The summed E-state index contributed by atoms with van der Waals surface area (Å²) in [5, 5.41) is 2.91. The van der Waals surface area contributed by atoms with Gasteiger partial charge in [0, 0.05) is 17.6 Å². The van der Waals surface area contributed by atoms with E-state index < -0.39 is 0 Å². The van der Waals surface area contributed by atoms with Crippen LogP contribution in [0.5, 0.6) is 0 Å². The molecule has 0 fully saturated rings. The topological polar surface area (TPSA) is 58.1 Å². The number of carbonyl (C=O) groups excluding carboxylic acids is 1. The van der Waals surface area contributed by atoms with Crippen molar-refractivity contribution in [1.82, 2.24) is 9.97 Å². The zero-order chi connectivity index (χ0) is 20.8. The number of nitrogens with zero attached hydrogens (tertiary/aromatic N) is 3. The molecule has 0 atom stereocenters. The Labute approximate surface area is 176 Å². The van der Waals surface area contributed by atoms with Crippen molar-refractivity contribution in [2.24, 2.45) is 0 Å². The minimum Gasteiger partial charge on any atom is -0.321 e. The molecule has 0 spiro atoms. The zero-order valence-electron chi connectivity index (χ0n) is 16.7. The van der Waals surface area contributed by atoms with Gasteiger partial charge in [0.15, 0.2) is 0 Å². The molecule has 1 heterocycles. The van der Waals surface area contributed by atoms with Crippen LogP contribution in [0.25, 0.3) is 0 Å². The first-order valence-electron chi connectivity index (χ1n) is 9.76. The summed E-state index contributed by atoms with van der Waals surface area (Å²) < 4.78 is 0. The molecule has 5 nitrogen and oxygen atoms in total. The van der Waals surface area contributed by atoms with Crippen LogP contribution in [0.3, 0.4) is 0 Å². The molecule has 1 amide bonds. The number of para-hydroxylation sites is 1. The fraction of sp³-hybridized carbons (Fsp3) is 0.0800. The fourth-order valence-corrected chi connectivity index (χ4v) is 3.17. The van der Waals surface area contributed by atoms with Gasteiger partial charge in [0.2, 0.25) is 5.95 Å². The third-order valence-electron chi connectivity index (χ3n) is 4.64. The summed E-state index contributed by atoms with van der Waals surface area (Å²) in [5.41, 5.74) is 4.21. The summed E-state index contributed by atoms with van der Waals surface area (Å²) in [5.74, 6) is 0.207.